The van der Waals surface area contributed by atoms with Crippen molar-refractivity contribution in [1.82, 2.24) is 9.80 Å². The fourth-order valence-electron chi connectivity index (χ4n) is 6.25. The van der Waals surface area contributed by atoms with E-state index >= 15 is 0 Å². The van der Waals surface area contributed by atoms with Gasteiger partial charge in [-0.2, -0.15) is 0 Å². The van der Waals surface area contributed by atoms with Crippen molar-refractivity contribution >= 4 is 17.2 Å². The molecule has 2 aliphatic carbocycles. The molecule has 0 N–H and O–H groups in total. The molecule has 5 heteroatoms. The third-order valence-electron chi connectivity index (χ3n) is 8.16. The molecule has 0 saturated heterocycles. The summed E-state index contributed by atoms with van der Waals surface area (Å²) in [5.74, 6) is 1.97. The molecule has 2 saturated carbocycles. The SMILES string of the molecule is Cc1cc(C(=O)N2Cc3ccccc3OC3(CCC(N(C)CC4CCCCC4)CC3)C2)cs1. The summed E-state index contributed by atoms with van der Waals surface area (Å²) < 4.78 is 6.78. The second kappa shape index (κ2) is 9.79. The molecule has 1 aromatic heterocycles. The zero-order chi connectivity index (χ0) is 22.8. The minimum atomic E-state index is -0.282. The van der Waals surface area contributed by atoms with E-state index in [2.05, 4.69) is 43.1 Å². The normalized spacial score (nSPS) is 26.2. The van der Waals surface area contributed by atoms with Gasteiger partial charge in [0, 0.05) is 35.0 Å². The zero-order valence-corrected chi connectivity index (χ0v) is 21.0. The van der Waals surface area contributed by atoms with Gasteiger partial charge in [-0.05, 0) is 70.5 Å². The minimum Gasteiger partial charge on any atom is -0.485 e. The molecule has 3 aliphatic rings. The lowest BCUT2D eigenvalue weighted by atomic mass is 9.80. The predicted octanol–water partition coefficient (Wildman–Crippen LogP) is 6.28. The van der Waals surface area contributed by atoms with Gasteiger partial charge < -0.3 is 14.5 Å². The van der Waals surface area contributed by atoms with Gasteiger partial charge in [0.05, 0.1) is 12.1 Å². The fraction of sp³-hybridized carbons (Fsp3) is 0.607. The summed E-state index contributed by atoms with van der Waals surface area (Å²) in [4.78, 5) is 19.3. The molecule has 5 rings (SSSR count). The van der Waals surface area contributed by atoms with E-state index in [0.717, 1.165) is 48.5 Å². The number of carbonyl (C=O) groups excluding carboxylic acids is 1. The molecular formula is C28H38N2O2S. The third-order valence-corrected chi connectivity index (χ3v) is 9.03. The van der Waals surface area contributed by atoms with E-state index in [4.69, 9.17) is 4.74 Å². The minimum absolute atomic E-state index is 0.135. The van der Waals surface area contributed by atoms with E-state index in [-0.39, 0.29) is 11.5 Å². The Kier molecular flexibility index (Phi) is 6.80. The monoisotopic (exact) mass is 466 g/mol. The first-order chi connectivity index (χ1) is 16.0. The number of aryl methyl sites for hydroxylation is 1. The summed E-state index contributed by atoms with van der Waals surface area (Å²) in [7, 11) is 2.33. The van der Waals surface area contributed by atoms with Crippen molar-refractivity contribution in [3.05, 3.63) is 51.7 Å². The number of benzene rings is 1. The quantitative estimate of drug-likeness (QED) is 0.531. The van der Waals surface area contributed by atoms with Crippen LogP contribution in [0.1, 0.15) is 78.6 Å². The first-order valence-corrected chi connectivity index (χ1v) is 13.7. The first-order valence-electron chi connectivity index (χ1n) is 12.8. The maximum atomic E-state index is 13.5. The second-order valence-electron chi connectivity index (χ2n) is 10.7. The van der Waals surface area contributed by atoms with E-state index in [1.807, 2.05) is 16.3 Å². The Balaban J connectivity index is 1.31. The zero-order valence-electron chi connectivity index (χ0n) is 20.2. The van der Waals surface area contributed by atoms with Crippen molar-refractivity contribution in [3.63, 3.8) is 0 Å². The van der Waals surface area contributed by atoms with E-state index in [1.165, 1.54) is 43.5 Å². The van der Waals surface area contributed by atoms with Gasteiger partial charge >= 0.3 is 0 Å². The summed E-state index contributed by atoms with van der Waals surface area (Å²) in [6.45, 7) is 4.60. The van der Waals surface area contributed by atoms with E-state index in [0.29, 0.717) is 19.1 Å². The number of nitrogens with zero attached hydrogens (tertiary/aromatic N) is 2. The van der Waals surface area contributed by atoms with Crippen LogP contribution in [-0.2, 0) is 6.54 Å². The first kappa shape index (κ1) is 22.9. The van der Waals surface area contributed by atoms with Gasteiger partial charge in [-0.1, -0.05) is 37.5 Å². The van der Waals surface area contributed by atoms with Gasteiger partial charge in [0.1, 0.15) is 11.4 Å². The van der Waals surface area contributed by atoms with Crippen LogP contribution < -0.4 is 4.74 Å². The highest BCUT2D eigenvalue weighted by Crippen LogP contribution is 2.40. The summed E-state index contributed by atoms with van der Waals surface area (Å²) >= 11 is 1.65. The number of para-hydroxylation sites is 1. The van der Waals surface area contributed by atoms with E-state index < -0.39 is 0 Å². The van der Waals surface area contributed by atoms with Crippen LogP contribution in [0.4, 0.5) is 0 Å². The molecule has 0 radical (unpaired) electrons. The van der Waals surface area contributed by atoms with E-state index in [1.54, 1.807) is 11.3 Å². The number of amides is 1. The number of thiophene rings is 1. The molecule has 2 aromatic rings. The Morgan fingerprint density at radius 1 is 1.15 bits per heavy atom. The maximum Gasteiger partial charge on any atom is 0.255 e. The second-order valence-corrected chi connectivity index (χ2v) is 11.8. The van der Waals surface area contributed by atoms with Gasteiger partial charge in [-0.15, -0.1) is 11.3 Å². The van der Waals surface area contributed by atoms with Crippen LogP contribution >= 0.6 is 11.3 Å². The van der Waals surface area contributed by atoms with Crippen LogP contribution in [0.25, 0.3) is 0 Å². The number of hydrogen-bond acceptors (Lipinski definition) is 4. The van der Waals surface area contributed by atoms with Crippen LogP contribution in [0.2, 0.25) is 0 Å². The van der Waals surface area contributed by atoms with Crippen molar-refractivity contribution in [2.24, 2.45) is 5.92 Å². The van der Waals surface area contributed by atoms with Gasteiger partial charge in [-0.25, -0.2) is 0 Å². The molecule has 0 atom stereocenters. The average Bonchev–Trinajstić information content (AvgIpc) is 3.19. The van der Waals surface area contributed by atoms with Crippen LogP contribution in [-0.4, -0.2) is 47.5 Å². The lowest BCUT2D eigenvalue weighted by Gasteiger charge is -2.44. The molecule has 178 valence electrons. The topological polar surface area (TPSA) is 32.8 Å². The highest BCUT2D eigenvalue weighted by Gasteiger charge is 2.43. The smallest absolute Gasteiger partial charge is 0.255 e. The van der Waals surface area contributed by atoms with Crippen molar-refractivity contribution in [2.45, 2.75) is 82.9 Å². The van der Waals surface area contributed by atoms with Crippen molar-refractivity contribution in [2.75, 3.05) is 20.1 Å². The molecule has 1 amide bonds. The molecule has 2 fully saturated rings. The van der Waals surface area contributed by atoms with Crippen molar-refractivity contribution in [3.8, 4) is 5.75 Å². The van der Waals surface area contributed by atoms with Crippen LogP contribution in [0.15, 0.2) is 35.7 Å². The van der Waals surface area contributed by atoms with Gasteiger partial charge in [-0.3, -0.25) is 4.79 Å². The molecule has 2 heterocycles. The van der Waals surface area contributed by atoms with Gasteiger partial charge in [0.15, 0.2) is 0 Å². The predicted molar refractivity (Wildman–Crippen MR) is 135 cm³/mol. The number of carbonyl (C=O) groups is 1. The summed E-state index contributed by atoms with van der Waals surface area (Å²) in [5, 5.41) is 2.00. The van der Waals surface area contributed by atoms with Crippen LogP contribution in [0.5, 0.6) is 5.75 Å². The number of fused-ring (bicyclic) bond motifs is 1. The molecular weight excluding hydrogens is 428 g/mol. The van der Waals surface area contributed by atoms with Crippen molar-refractivity contribution < 1.29 is 9.53 Å². The molecule has 0 bridgehead atoms. The van der Waals surface area contributed by atoms with Crippen molar-refractivity contribution in [1.29, 1.82) is 0 Å². The Morgan fingerprint density at radius 3 is 2.64 bits per heavy atom. The summed E-state index contributed by atoms with van der Waals surface area (Å²) in [5.41, 5.74) is 1.65. The Hall–Kier alpha value is -1.85. The maximum absolute atomic E-state index is 13.5. The summed E-state index contributed by atoms with van der Waals surface area (Å²) in [6.07, 6.45) is 11.3. The molecule has 1 spiro atoms. The fourth-order valence-corrected chi connectivity index (χ4v) is 6.92. The van der Waals surface area contributed by atoms with E-state index in [9.17, 15) is 4.79 Å². The third kappa shape index (κ3) is 5.14. The largest absolute Gasteiger partial charge is 0.485 e. The molecule has 1 aromatic carbocycles. The Labute approximate surface area is 202 Å². The molecule has 1 aliphatic heterocycles. The molecule has 33 heavy (non-hydrogen) atoms. The van der Waals surface area contributed by atoms with Crippen LogP contribution in [0, 0.1) is 12.8 Å². The standard InChI is InChI=1S/C28H38N2O2S/c1-21-16-24(19-33-21)27(31)30-18-23-10-6-7-11-26(23)32-28(20-30)14-12-25(13-15-28)29(2)17-22-8-4-3-5-9-22/h6-7,10-11,16,19,22,25H,3-5,8-9,12-15,17-18,20H2,1-2H3. The number of rotatable bonds is 4. The molecule has 4 nitrogen and oxygen atoms in total. The average molecular weight is 467 g/mol. The highest BCUT2D eigenvalue weighted by atomic mass is 32.1. The number of hydrogen-bond donors (Lipinski definition) is 0. The highest BCUT2D eigenvalue weighted by molar-refractivity contribution is 7.10. The number of ether oxygens (including phenoxy) is 1. The summed E-state index contributed by atoms with van der Waals surface area (Å²) in [6, 6.07) is 10.9. The lowest BCUT2D eigenvalue weighted by molar-refractivity contribution is -0.0138. The Morgan fingerprint density at radius 2 is 1.91 bits per heavy atom. The van der Waals surface area contributed by atoms with Gasteiger partial charge in [0.2, 0.25) is 0 Å². The van der Waals surface area contributed by atoms with Gasteiger partial charge in [0.25, 0.3) is 5.91 Å². The molecule has 0 unspecified atom stereocenters. The lowest BCUT2D eigenvalue weighted by Crippen LogP contribution is -2.52. The Bertz CT molecular complexity index is 956. The van der Waals surface area contributed by atoms with Crippen LogP contribution in [0.3, 0.4) is 0 Å².